The van der Waals surface area contributed by atoms with Gasteiger partial charge in [-0.1, -0.05) is 65.5 Å². The van der Waals surface area contributed by atoms with Gasteiger partial charge in [0.15, 0.2) is 12.6 Å². The predicted molar refractivity (Wildman–Crippen MR) is 210 cm³/mol. The Hall–Kier alpha value is -2.09. The summed E-state index contributed by atoms with van der Waals surface area (Å²) in [6.45, 7) is 11.3. The first-order chi connectivity index (χ1) is 26.8. The number of aliphatic hydroxyl groups is 4. The van der Waals surface area contributed by atoms with Crippen LogP contribution in [0.1, 0.15) is 109 Å². The lowest BCUT2D eigenvalue weighted by molar-refractivity contribution is -0.314. The second-order valence-corrected chi connectivity index (χ2v) is 19.0. The fraction of sp³-hybridized carbons (Fsp3) is 0.800. The molecule has 1 aromatic rings. The van der Waals surface area contributed by atoms with Crippen LogP contribution in [-0.4, -0.2) is 102 Å². The van der Waals surface area contributed by atoms with Crippen molar-refractivity contribution in [2.24, 2.45) is 52.8 Å². The maximum Gasteiger partial charge on any atom is 0.251 e. The largest absolute Gasteiger partial charge is 0.497 e. The van der Waals surface area contributed by atoms with Gasteiger partial charge in [0.25, 0.3) is 5.91 Å². The number of hydrogen-bond acceptors (Lipinski definition) is 10. The van der Waals surface area contributed by atoms with Gasteiger partial charge < -0.3 is 49.4 Å². The third kappa shape index (κ3) is 8.49. The number of ether oxygens (including phenoxy) is 5. The minimum Gasteiger partial charge on any atom is -0.497 e. The maximum atomic E-state index is 13.3. The van der Waals surface area contributed by atoms with Crippen LogP contribution < -0.4 is 10.1 Å². The zero-order valence-corrected chi connectivity index (χ0v) is 34.4. The average Bonchev–Trinajstić information content (AvgIpc) is 3.55. The standard InChI is InChI=1S/C45H69NO10/c1-24(2)8-7-9-25(3)38-32-16-17-34-31(15-12-28-20-29(47)18-19-45(28,34)5)33(32)21-37(38)55-43-26(4)41(36(49)23-53-43)56-44-39(40(50)35(48)22-54-44)46-42(51)27-10-13-30(52-6)14-11-27/h10-14,24-26,29,31-41,43-44,47-50H,7-9,15-23H2,1-6H3,(H,46,51)/t25-,26?,29+,31+,32+,33+,34+,35?,36?,37+,38-,39?,40?,41?,43?,44?,45+/m1/s1. The van der Waals surface area contributed by atoms with Gasteiger partial charge in [0.05, 0.1) is 38.6 Å². The van der Waals surface area contributed by atoms with E-state index in [9.17, 15) is 25.2 Å². The van der Waals surface area contributed by atoms with E-state index in [1.807, 2.05) is 6.92 Å². The first kappa shape index (κ1) is 42.0. The molecule has 2 saturated heterocycles. The number of aliphatic hydroxyl groups excluding tert-OH is 4. The summed E-state index contributed by atoms with van der Waals surface area (Å²) in [5, 5.41) is 46.2. The fourth-order valence-corrected chi connectivity index (χ4v) is 12.0. The van der Waals surface area contributed by atoms with Crippen LogP contribution in [0, 0.1) is 52.8 Å². The van der Waals surface area contributed by atoms with E-state index >= 15 is 0 Å². The van der Waals surface area contributed by atoms with Gasteiger partial charge in [-0.25, -0.2) is 0 Å². The molecule has 0 radical (unpaired) electrons. The number of carbonyl (C=O) groups excluding carboxylic acids is 1. The maximum absolute atomic E-state index is 13.3. The van der Waals surface area contributed by atoms with Crippen molar-refractivity contribution in [3.8, 4) is 5.75 Å². The molecule has 5 N–H and O–H groups in total. The molecule has 0 bridgehead atoms. The summed E-state index contributed by atoms with van der Waals surface area (Å²) < 4.78 is 31.0. The molecule has 17 atom stereocenters. The molecule has 1 amide bonds. The van der Waals surface area contributed by atoms with Crippen LogP contribution in [0.3, 0.4) is 0 Å². The van der Waals surface area contributed by atoms with Crippen LogP contribution in [0.2, 0.25) is 0 Å². The molecule has 1 aromatic carbocycles. The molecule has 2 aliphatic heterocycles. The molecule has 7 rings (SSSR count). The summed E-state index contributed by atoms with van der Waals surface area (Å²) in [6.07, 6.45) is 7.04. The van der Waals surface area contributed by atoms with E-state index in [4.69, 9.17) is 23.7 Å². The number of amides is 1. The lowest BCUT2D eigenvalue weighted by Gasteiger charge is -2.55. The predicted octanol–water partition coefficient (Wildman–Crippen LogP) is 5.62. The van der Waals surface area contributed by atoms with E-state index < -0.39 is 54.9 Å². The Kier molecular flexibility index (Phi) is 13.2. The van der Waals surface area contributed by atoms with Crippen LogP contribution in [0.25, 0.3) is 0 Å². The first-order valence-electron chi connectivity index (χ1n) is 21.7. The smallest absolute Gasteiger partial charge is 0.251 e. The zero-order valence-electron chi connectivity index (χ0n) is 34.4. The Bertz CT molecular complexity index is 1500. The van der Waals surface area contributed by atoms with Crippen molar-refractivity contribution >= 4 is 5.91 Å². The van der Waals surface area contributed by atoms with Crippen molar-refractivity contribution < 1.29 is 48.9 Å². The lowest BCUT2D eigenvalue weighted by atomic mass is 9.50. The third-order valence-electron chi connectivity index (χ3n) is 15.1. The van der Waals surface area contributed by atoms with Gasteiger partial charge in [-0.15, -0.1) is 0 Å². The molecular weight excluding hydrogens is 714 g/mol. The van der Waals surface area contributed by atoms with Crippen LogP contribution in [0.5, 0.6) is 5.75 Å². The lowest BCUT2D eigenvalue weighted by Crippen LogP contribution is -2.63. The normalized spacial score (nSPS) is 42.9. The Balaban J connectivity index is 1.07. The van der Waals surface area contributed by atoms with Gasteiger partial charge >= 0.3 is 0 Å². The van der Waals surface area contributed by atoms with Crippen molar-refractivity contribution in [3.05, 3.63) is 41.5 Å². The van der Waals surface area contributed by atoms with Gasteiger partial charge in [-0.3, -0.25) is 4.79 Å². The van der Waals surface area contributed by atoms with Crippen molar-refractivity contribution in [2.45, 2.75) is 154 Å². The number of nitrogens with one attached hydrogen (secondary N) is 1. The Labute approximate surface area is 333 Å². The molecule has 0 aromatic heterocycles. The average molecular weight is 784 g/mol. The summed E-state index contributed by atoms with van der Waals surface area (Å²) >= 11 is 0. The molecule has 2 heterocycles. The summed E-state index contributed by atoms with van der Waals surface area (Å²) in [5.74, 6) is 3.69. The molecule has 4 aliphatic carbocycles. The first-order valence-corrected chi connectivity index (χ1v) is 21.7. The Morgan fingerprint density at radius 1 is 0.929 bits per heavy atom. The van der Waals surface area contributed by atoms with E-state index in [0.29, 0.717) is 52.7 Å². The topological polar surface area (TPSA) is 156 Å². The number of benzene rings is 1. The second kappa shape index (κ2) is 17.6. The third-order valence-corrected chi connectivity index (χ3v) is 15.1. The molecule has 0 spiro atoms. The summed E-state index contributed by atoms with van der Waals surface area (Å²) in [7, 11) is 1.55. The molecular formula is C45H69NO10. The fourth-order valence-electron chi connectivity index (χ4n) is 12.0. The van der Waals surface area contributed by atoms with Gasteiger partial charge in [0.1, 0.15) is 30.1 Å². The van der Waals surface area contributed by atoms with Crippen molar-refractivity contribution in [3.63, 3.8) is 0 Å². The number of carbonyl (C=O) groups is 1. The van der Waals surface area contributed by atoms with E-state index in [1.54, 1.807) is 31.4 Å². The van der Waals surface area contributed by atoms with E-state index in [0.717, 1.165) is 32.1 Å². The Morgan fingerprint density at radius 3 is 2.39 bits per heavy atom. The van der Waals surface area contributed by atoms with Gasteiger partial charge in [0.2, 0.25) is 0 Å². The minimum absolute atomic E-state index is 0.00642. The molecule has 6 aliphatic rings. The molecule has 11 nitrogen and oxygen atoms in total. The van der Waals surface area contributed by atoms with E-state index in [2.05, 4.69) is 39.1 Å². The Morgan fingerprint density at radius 2 is 1.66 bits per heavy atom. The molecule has 11 heteroatoms. The number of hydrogen-bond donors (Lipinski definition) is 5. The van der Waals surface area contributed by atoms with Crippen LogP contribution in [0.4, 0.5) is 0 Å². The second-order valence-electron chi connectivity index (χ2n) is 19.0. The van der Waals surface area contributed by atoms with Crippen LogP contribution >= 0.6 is 0 Å². The molecule has 5 fully saturated rings. The molecule has 56 heavy (non-hydrogen) atoms. The summed E-state index contributed by atoms with van der Waals surface area (Å²) in [4.78, 5) is 13.3. The van der Waals surface area contributed by atoms with Crippen molar-refractivity contribution in [1.29, 1.82) is 0 Å². The summed E-state index contributed by atoms with van der Waals surface area (Å²) in [5.41, 5.74) is 2.00. The quantitative estimate of drug-likeness (QED) is 0.169. The minimum atomic E-state index is -1.36. The monoisotopic (exact) mass is 783 g/mol. The van der Waals surface area contributed by atoms with Gasteiger partial charge in [-0.2, -0.15) is 0 Å². The van der Waals surface area contributed by atoms with Crippen molar-refractivity contribution in [1.82, 2.24) is 5.32 Å². The van der Waals surface area contributed by atoms with Gasteiger partial charge in [-0.05, 0) is 116 Å². The number of rotatable bonds is 12. The highest BCUT2D eigenvalue weighted by Gasteiger charge is 2.58. The number of allylic oxidation sites excluding steroid dienone is 1. The SMILES string of the molecule is COc1ccc(C(=O)NC2C(OC3C(O)COC(O[C@H]4C[C@@H]5[C@H](CC[C@H]6[C@H]5CC=C5C[C@@H](O)CC[C@@]56C)[C@H]4[C@H](C)CCCC(C)C)C3C)OCC(O)C2O)cc1. The highest BCUT2D eigenvalue weighted by molar-refractivity contribution is 5.94. The van der Waals surface area contributed by atoms with E-state index in [1.165, 1.54) is 37.7 Å². The highest BCUT2D eigenvalue weighted by atomic mass is 16.7. The molecule has 8 unspecified atom stereocenters. The van der Waals surface area contributed by atoms with E-state index in [-0.39, 0.29) is 30.8 Å². The highest BCUT2D eigenvalue weighted by Crippen LogP contribution is 2.63. The van der Waals surface area contributed by atoms with Crippen molar-refractivity contribution in [2.75, 3.05) is 20.3 Å². The summed E-state index contributed by atoms with van der Waals surface area (Å²) in [6, 6.07) is 5.47. The number of methoxy groups -OCH3 is 1. The molecule has 3 saturated carbocycles. The van der Waals surface area contributed by atoms with Crippen LogP contribution in [-0.2, 0) is 18.9 Å². The van der Waals surface area contributed by atoms with Crippen LogP contribution in [0.15, 0.2) is 35.9 Å². The van der Waals surface area contributed by atoms with Gasteiger partial charge in [0, 0.05) is 11.5 Å². The number of fused-ring (bicyclic) bond motifs is 5. The molecule has 314 valence electrons. The zero-order chi connectivity index (χ0) is 39.9.